The van der Waals surface area contributed by atoms with E-state index in [9.17, 15) is 9.90 Å². The first kappa shape index (κ1) is 14.9. The molecule has 2 aromatic rings. The highest BCUT2D eigenvalue weighted by molar-refractivity contribution is 8.03. The summed E-state index contributed by atoms with van der Waals surface area (Å²) in [5.74, 6) is -0.0724. The van der Waals surface area contributed by atoms with Crippen LogP contribution in [-0.2, 0) is 4.79 Å². The van der Waals surface area contributed by atoms with Crippen LogP contribution < -0.4 is 0 Å². The van der Waals surface area contributed by atoms with Gasteiger partial charge < -0.3 is 9.52 Å². The van der Waals surface area contributed by atoms with Gasteiger partial charge in [0.05, 0.1) is 4.91 Å². The summed E-state index contributed by atoms with van der Waals surface area (Å²) in [6, 6.07) is 5.12. The van der Waals surface area contributed by atoms with Crippen LogP contribution in [0.1, 0.15) is 26.7 Å². The fraction of sp³-hybridized carbons (Fsp3) is 0.286. The van der Waals surface area contributed by atoms with Crippen molar-refractivity contribution >= 4 is 40.2 Å². The first-order valence-electron chi connectivity index (χ1n) is 6.24. The number of hydrogen-bond donors (Lipinski definition) is 1. The second-order valence-electron chi connectivity index (χ2n) is 4.10. The third-order valence-electron chi connectivity index (χ3n) is 2.69. The summed E-state index contributed by atoms with van der Waals surface area (Å²) in [7, 11) is 0. The van der Waals surface area contributed by atoms with Crippen LogP contribution in [0.2, 0.25) is 5.02 Å². The van der Waals surface area contributed by atoms with Crippen molar-refractivity contribution in [2.24, 2.45) is 0 Å². The number of ketones is 1. The minimum absolute atomic E-state index is 0.0575. The van der Waals surface area contributed by atoms with Crippen LogP contribution in [0.25, 0.3) is 11.1 Å². The zero-order valence-electron chi connectivity index (χ0n) is 11.1. The normalized spacial score (nSPS) is 12.6. The molecule has 1 heterocycles. The van der Waals surface area contributed by atoms with E-state index in [4.69, 9.17) is 16.0 Å². The molecule has 0 amide bonds. The average Bonchev–Trinajstić information content (AvgIpc) is 2.84. The molecule has 0 radical (unpaired) electrons. The van der Waals surface area contributed by atoms with E-state index in [1.54, 1.807) is 32.0 Å². The molecule has 1 aromatic carbocycles. The van der Waals surface area contributed by atoms with Gasteiger partial charge in [-0.2, -0.15) is 0 Å². The van der Waals surface area contributed by atoms with E-state index >= 15 is 0 Å². The van der Waals surface area contributed by atoms with E-state index in [0.29, 0.717) is 34.2 Å². The number of hydrogen-bond acceptors (Lipinski definition) is 5. The summed E-state index contributed by atoms with van der Waals surface area (Å²) < 4.78 is 5.54. The highest BCUT2D eigenvalue weighted by atomic mass is 35.5. The summed E-state index contributed by atoms with van der Waals surface area (Å²) in [5, 5.41) is 10.7. The molecule has 0 unspecified atom stereocenters. The Kier molecular flexibility index (Phi) is 4.73. The Balaban J connectivity index is 2.36. The van der Waals surface area contributed by atoms with E-state index in [1.807, 2.05) is 0 Å². The van der Waals surface area contributed by atoms with Gasteiger partial charge in [0, 0.05) is 17.9 Å². The van der Waals surface area contributed by atoms with Crippen molar-refractivity contribution in [3.8, 4) is 0 Å². The van der Waals surface area contributed by atoms with E-state index in [-0.39, 0.29) is 16.4 Å². The van der Waals surface area contributed by atoms with Crippen LogP contribution in [0.15, 0.2) is 38.5 Å². The van der Waals surface area contributed by atoms with E-state index in [1.165, 1.54) is 0 Å². The fourth-order valence-electron chi connectivity index (χ4n) is 1.61. The van der Waals surface area contributed by atoms with Crippen LogP contribution in [-0.4, -0.2) is 15.9 Å². The van der Waals surface area contributed by atoms with Gasteiger partial charge in [0.1, 0.15) is 11.3 Å². The largest absolute Gasteiger partial charge is 0.511 e. The molecule has 0 atom stereocenters. The number of carbonyl (C=O) groups excluding carboxylic acids is 1. The lowest BCUT2D eigenvalue weighted by molar-refractivity contribution is -0.114. The smallest absolute Gasteiger partial charge is 0.261 e. The summed E-state index contributed by atoms with van der Waals surface area (Å²) in [6.45, 7) is 3.53. The van der Waals surface area contributed by atoms with Crippen molar-refractivity contribution in [1.29, 1.82) is 0 Å². The lowest BCUT2D eigenvalue weighted by Gasteiger charge is -2.04. The molecular weight excluding hydrogens is 298 g/mol. The highest BCUT2D eigenvalue weighted by Crippen LogP contribution is 2.33. The number of aliphatic hydroxyl groups excluding tert-OH is 1. The van der Waals surface area contributed by atoms with Crippen molar-refractivity contribution in [1.82, 2.24) is 4.98 Å². The van der Waals surface area contributed by atoms with Crippen LogP contribution in [0, 0.1) is 0 Å². The highest BCUT2D eigenvalue weighted by Gasteiger charge is 2.18. The first-order valence-corrected chi connectivity index (χ1v) is 7.43. The van der Waals surface area contributed by atoms with Crippen molar-refractivity contribution in [3.05, 3.63) is 33.9 Å². The van der Waals surface area contributed by atoms with E-state index in [2.05, 4.69) is 4.98 Å². The lowest BCUT2D eigenvalue weighted by Crippen LogP contribution is -2.01. The number of carbonyl (C=O) groups is 1. The SMILES string of the molecule is CCC(=O)/C(Sc1nc2cc(Cl)ccc2o1)=C(\O)CC. The maximum absolute atomic E-state index is 11.9. The topological polar surface area (TPSA) is 63.3 Å². The van der Waals surface area contributed by atoms with Crippen LogP contribution in [0.5, 0.6) is 0 Å². The van der Waals surface area contributed by atoms with Gasteiger partial charge in [-0.05, 0) is 30.0 Å². The third kappa shape index (κ3) is 3.16. The molecule has 2 rings (SSSR count). The Labute approximate surface area is 125 Å². The molecule has 0 fully saturated rings. The molecule has 0 spiro atoms. The number of halogens is 1. The molecule has 0 saturated heterocycles. The zero-order valence-corrected chi connectivity index (χ0v) is 12.7. The Hall–Kier alpha value is -1.46. The predicted molar refractivity (Wildman–Crippen MR) is 80.1 cm³/mol. The maximum atomic E-state index is 11.9. The van der Waals surface area contributed by atoms with Crippen LogP contribution in [0.3, 0.4) is 0 Å². The number of rotatable bonds is 5. The minimum Gasteiger partial charge on any atom is -0.511 e. The van der Waals surface area contributed by atoms with Crippen molar-refractivity contribution in [2.75, 3.05) is 0 Å². The molecular formula is C14H14ClNO3S. The molecule has 1 aromatic heterocycles. The maximum Gasteiger partial charge on any atom is 0.261 e. The zero-order chi connectivity index (χ0) is 14.7. The number of fused-ring (bicyclic) bond motifs is 1. The molecule has 0 aliphatic rings. The molecule has 20 heavy (non-hydrogen) atoms. The van der Waals surface area contributed by atoms with Gasteiger partial charge in [-0.25, -0.2) is 4.98 Å². The predicted octanol–water partition coefficient (Wildman–Crippen LogP) is 4.73. The van der Waals surface area contributed by atoms with Gasteiger partial charge in [0.2, 0.25) is 0 Å². The quantitative estimate of drug-likeness (QED) is 0.491. The Bertz CT molecular complexity index is 678. The standard InChI is InChI=1S/C14H14ClNO3S/c1-3-10(17)13(11(18)4-2)20-14-16-9-7-8(15)5-6-12(9)19-14/h5-7,17H,3-4H2,1-2H3/b13-10+. The Morgan fingerprint density at radius 3 is 2.80 bits per heavy atom. The van der Waals surface area contributed by atoms with Gasteiger partial charge in [-0.3, -0.25) is 4.79 Å². The molecule has 1 N–H and O–H groups in total. The number of oxazole rings is 1. The van der Waals surface area contributed by atoms with Crippen LogP contribution >= 0.6 is 23.4 Å². The molecule has 106 valence electrons. The Morgan fingerprint density at radius 1 is 1.40 bits per heavy atom. The van der Waals surface area contributed by atoms with Gasteiger partial charge in [0.25, 0.3) is 5.22 Å². The second-order valence-corrected chi connectivity index (χ2v) is 5.50. The number of thioether (sulfide) groups is 1. The summed E-state index contributed by atoms with van der Waals surface area (Å²) in [6.07, 6.45) is 0.707. The van der Waals surface area contributed by atoms with Crippen molar-refractivity contribution in [2.45, 2.75) is 31.9 Å². The molecule has 4 nitrogen and oxygen atoms in total. The second kappa shape index (κ2) is 6.33. The molecule has 0 bridgehead atoms. The summed E-state index contributed by atoms with van der Waals surface area (Å²) >= 11 is 6.93. The fourth-order valence-corrected chi connectivity index (χ4v) is 2.75. The molecule has 0 aliphatic carbocycles. The van der Waals surface area contributed by atoms with Crippen molar-refractivity contribution in [3.63, 3.8) is 0 Å². The number of benzene rings is 1. The van der Waals surface area contributed by atoms with Gasteiger partial charge in [-0.1, -0.05) is 25.4 Å². The number of allylic oxidation sites excluding steroid dienone is 2. The number of aromatic nitrogens is 1. The molecule has 0 aliphatic heterocycles. The molecule has 6 heteroatoms. The third-order valence-corrected chi connectivity index (χ3v) is 3.94. The Morgan fingerprint density at radius 2 is 2.15 bits per heavy atom. The average molecular weight is 312 g/mol. The summed E-state index contributed by atoms with van der Waals surface area (Å²) in [5.41, 5.74) is 1.22. The van der Waals surface area contributed by atoms with Gasteiger partial charge >= 0.3 is 0 Å². The van der Waals surface area contributed by atoms with Gasteiger partial charge in [-0.15, -0.1) is 0 Å². The number of aliphatic hydroxyl groups is 1. The molecule has 0 saturated carbocycles. The minimum atomic E-state index is -0.130. The number of Topliss-reactive ketones (excluding diaryl/α,β-unsaturated/α-hetero) is 1. The van der Waals surface area contributed by atoms with Crippen LogP contribution in [0.4, 0.5) is 0 Å². The summed E-state index contributed by atoms with van der Waals surface area (Å²) in [4.78, 5) is 16.4. The first-order chi connectivity index (χ1) is 9.55. The number of nitrogens with zero attached hydrogens (tertiary/aromatic N) is 1. The van der Waals surface area contributed by atoms with E-state index < -0.39 is 0 Å². The van der Waals surface area contributed by atoms with Crippen molar-refractivity contribution < 1.29 is 14.3 Å². The lowest BCUT2D eigenvalue weighted by atomic mass is 10.2. The van der Waals surface area contributed by atoms with E-state index in [0.717, 1.165) is 11.8 Å². The van der Waals surface area contributed by atoms with Gasteiger partial charge in [0.15, 0.2) is 11.4 Å². The monoisotopic (exact) mass is 311 g/mol.